The first-order chi connectivity index (χ1) is 8.80. The van der Waals surface area contributed by atoms with Gasteiger partial charge in [0.2, 0.25) is 0 Å². The quantitative estimate of drug-likeness (QED) is 0.867. The molecule has 2 rings (SSSR count). The molecule has 0 aliphatic rings. The van der Waals surface area contributed by atoms with Crippen molar-refractivity contribution in [2.45, 2.75) is 6.18 Å². The van der Waals surface area contributed by atoms with E-state index in [9.17, 15) is 18.0 Å². The zero-order valence-electron chi connectivity index (χ0n) is 9.10. The summed E-state index contributed by atoms with van der Waals surface area (Å²) < 4.78 is 43.2. The molecule has 0 aromatic carbocycles. The summed E-state index contributed by atoms with van der Waals surface area (Å²) in [6, 6.07) is 2.55. The Bertz CT molecular complexity index is 623. The number of aromatic carboxylic acids is 1. The van der Waals surface area contributed by atoms with Crippen LogP contribution in [0.15, 0.2) is 22.8 Å². The topological polar surface area (TPSA) is 102 Å². The first-order valence-corrected chi connectivity index (χ1v) is 4.82. The van der Waals surface area contributed by atoms with Gasteiger partial charge in [-0.1, -0.05) is 0 Å². The lowest BCUT2D eigenvalue weighted by molar-refractivity contribution is -0.140. The van der Waals surface area contributed by atoms with Gasteiger partial charge in [0, 0.05) is 0 Å². The minimum absolute atomic E-state index is 0.248. The molecule has 9 heteroatoms. The molecule has 2 aromatic rings. The molecule has 2 heterocycles. The number of halogens is 3. The van der Waals surface area contributed by atoms with Crippen LogP contribution in [0.25, 0.3) is 11.5 Å². The third-order valence-electron chi connectivity index (χ3n) is 2.15. The molecule has 0 saturated heterocycles. The van der Waals surface area contributed by atoms with Crippen LogP contribution in [-0.4, -0.2) is 21.0 Å². The van der Waals surface area contributed by atoms with E-state index < -0.39 is 35.0 Å². The van der Waals surface area contributed by atoms with Gasteiger partial charge in [-0.3, -0.25) is 0 Å². The van der Waals surface area contributed by atoms with Gasteiger partial charge in [-0.15, -0.1) is 0 Å². The third kappa shape index (κ3) is 2.34. The van der Waals surface area contributed by atoms with E-state index in [4.69, 9.17) is 15.3 Å². The van der Waals surface area contributed by atoms with Gasteiger partial charge in [0.1, 0.15) is 5.69 Å². The van der Waals surface area contributed by atoms with Gasteiger partial charge in [-0.25, -0.2) is 14.8 Å². The van der Waals surface area contributed by atoms with Crippen molar-refractivity contribution in [3.63, 3.8) is 0 Å². The van der Waals surface area contributed by atoms with Crippen LogP contribution in [0.4, 0.5) is 19.0 Å². The fourth-order valence-corrected chi connectivity index (χ4v) is 1.39. The monoisotopic (exact) mass is 273 g/mol. The standard InChI is InChI=1S/C10H6F3N3O3/c11-10(12,13)7-5(4-2-1-3-19-4)15-6(9(17)18)8(14)16-7/h1-3H,(H2,14,16)(H,17,18). The number of anilines is 1. The molecular formula is C10H6F3N3O3. The Morgan fingerprint density at radius 2 is 2.05 bits per heavy atom. The molecule has 0 amide bonds. The minimum Gasteiger partial charge on any atom is -0.476 e. The number of nitrogens with zero attached hydrogens (tertiary/aromatic N) is 2. The summed E-state index contributed by atoms with van der Waals surface area (Å²) in [5.74, 6) is -2.64. The molecule has 0 bridgehead atoms. The summed E-state index contributed by atoms with van der Waals surface area (Å²) in [5, 5.41) is 8.79. The molecule has 100 valence electrons. The van der Waals surface area contributed by atoms with Gasteiger partial charge in [-0.05, 0) is 12.1 Å². The van der Waals surface area contributed by atoms with E-state index in [0.717, 1.165) is 6.26 Å². The molecule has 0 atom stereocenters. The number of carbonyl (C=O) groups is 1. The summed E-state index contributed by atoms with van der Waals surface area (Å²) in [7, 11) is 0. The Morgan fingerprint density at radius 1 is 1.37 bits per heavy atom. The van der Waals surface area contributed by atoms with Crippen LogP contribution >= 0.6 is 0 Å². The van der Waals surface area contributed by atoms with Crippen LogP contribution in [-0.2, 0) is 6.18 Å². The van der Waals surface area contributed by atoms with Crippen LogP contribution in [0.1, 0.15) is 16.2 Å². The number of nitrogen functional groups attached to an aromatic ring is 1. The molecule has 0 aliphatic carbocycles. The molecule has 0 radical (unpaired) electrons. The normalized spacial score (nSPS) is 11.5. The predicted octanol–water partition coefficient (Wildman–Crippen LogP) is 2.04. The van der Waals surface area contributed by atoms with Gasteiger partial charge in [0.15, 0.2) is 23.0 Å². The van der Waals surface area contributed by atoms with Crippen molar-refractivity contribution in [2.24, 2.45) is 0 Å². The van der Waals surface area contributed by atoms with Gasteiger partial charge >= 0.3 is 12.1 Å². The van der Waals surface area contributed by atoms with E-state index in [1.807, 2.05) is 0 Å². The van der Waals surface area contributed by atoms with Gasteiger partial charge < -0.3 is 15.3 Å². The number of rotatable bonds is 2. The second kappa shape index (κ2) is 4.26. The van der Waals surface area contributed by atoms with Gasteiger partial charge in [0.25, 0.3) is 0 Å². The third-order valence-corrected chi connectivity index (χ3v) is 2.15. The molecule has 6 nitrogen and oxygen atoms in total. The second-order valence-electron chi connectivity index (χ2n) is 3.43. The molecule has 0 saturated carbocycles. The minimum atomic E-state index is -4.83. The first-order valence-electron chi connectivity index (χ1n) is 4.82. The average molecular weight is 273 g/mol. The van der Waals surface area contributed by atoms with Crippen LogP contribution in [0, 0.1) is 0 Å². The van der Waals surface area contributed by atoms with Gasteiger partial charge in [0.05, 0.1) is 6.26 Å². The van der Waals surface area contributed by atoms with E-state index in [2.05, 4.69) is 9.97 Å². The largest absolute Gasteiger partial charge is 0.476 e. The maximum atomic E-state index is 12.8. The van der Waals surface area contributed by atoms with E-state index in [1.165, 1.54) is 12.1 Å². The Balaban J connectivity index is 2.74. The van der Waals surface area contributed by atoms with Crippen molar-refractivity contribution in [1.29, 1.82) is 0 Å². The fraction of sp³-hybridized carbons (Fsp3) is 0.100. The number of hydrogen-bond acceptors (Lipinski definition) is 5. The lowest BCUT2D eigenvalue weighted by Crippen LogP contribution is -2.17. The van der Waals surface area contributed by atoms with Crippen molar-refractivity contribution in [1.82, 2.24) is 9.97 Å². The first kappa shape index (κ1) is 12.9. The van der Waals surface area contributed by atoms with Crippen LogP contribution in [0.5, 0.6) is 0 Å². The number of furan rings is 1. The maximum Gasteiger partial charge on any atom is 0.435 e. The van der Waals surface area contributed by atoms with Crippen molar-refractivity contribution >= 4 is 11.8 Å². The highest BCUT2D eigenvalue weighted by Crippen LogP contribution is 2.35. The summed E-state index contributed by atoms with van der Waals surface area (Å²) >= 11 is 0. The van der Waals surface area contributed by atoms with Crippen molar-refractivity contribution in [3.05, 3.63) is 29.8 Å². The smallest absolute Gasteiger partial charge is 0.435 e. The van der Waals surface area contributed by atoms with E-state index in [-0.39, 0.29) is 5.76 Å². The summed E-state index contributed by atoms with van der Waals surface area (Å²) in [4.78, 5) is 17.3. The molecule has 19 heavy (non-hydrogen) atoms. The Kier molecular flexibility index (Phi) is 2.89. The SMILES string of the molecule is Nc1nc(C(F)(F)F)c(-c2ccco2)nc1C(=O)O. The second-order valence-corrected chi connectivity index (χ2v) is 3.43. The van der Waals surface area contributed by atoms with Crippen LogP contribution in [0.2, 0.25) is 0 Å². The summed E-state index contributed by atoms with van der Waals surface area (Å²) in [6.45, 7) is 0. The molecule has 0 spiro atoms. The molecule has 0 aliphatic heterocycles. The van der Waals surface area contributed by atoms with E-state index in [1.54, 1.807) is 0 Å². The molecule has 2 aromatic heterocycles. The van der Waals surface area contributed by atoms with Crippen molar-refractivity contribution in [2.75, 3.05) is 5.73 Å². The Morgan fingerprint density at radius 3 is 2.53 bits per heavy atom. The number of alkyl halides is 3. The highest BCUT2D eigenvalue weighted by atomic mass is 19.4. The van der Waals surface area contributed by atoms with E-state index in [0.29, 0.717) is 0 Å². The highest BCUT2D eigenvalue weighted by Gasteiger charge is 2.39. The summed E-state index contributed by atoms with van der Waals surface area (Å²) in [5.41, 5.74) is 2.28. The Hall–Kier alpha value is -2.58. The zero-order valence-corrected chi connectivity index (χ0v) is 9.10. The van der Waals surface area contributed by atoms with E-state index >= 15 is 0 Å². The molecule has 0 unspecified atom stereocenters. The number of carboxylic acids is 1. The van der Waals surface area contributed by atoms with Crippen LogP contribution < -0.4 is 5.73 Å². The number of nitrogens with two attached hydrogens (primary N) is 1. The highest BCUT2D eigenvalue weighted by molar-refractivity contribution is 5.91. The maximum absolute atomic E-state index is 12.8. The van der Waals surface area contributed by atoms with Crippen molar-refractivity contribution in [3.8, 4) is 11.5 Å². The van der Waals surface area contributed by atoms with Gasteiger partial charge in [-0.2, -0.15) is 13.2 Å². The number of hydrogen-bond donors (Lipinski definition) is 2. The Labute approximate surface area is 103 Å². The summed E-state index contributed by atoms with van der Waals surface area (Å²) in [6.07, 6.45) is -3.70. The lowest BCUT2D eigenvalue weighted by Gasteiger charge is -2.11. The fourth-order valence-electron chi connectivity index (χ4n) is 1.39. The predicted molar refractivity (Wildman–Crippen MR) is 56.1 cm³/mol. The number of aromatic nitrogens is 2. The van der Waals surface area contributed by atoms with Crippen molar-refractivity contribution < 1.29 is 27.5 Å². The zero-order chi connectivity index (χ0) is 14.2. The molecule has 0 fully saturated rings. The lowest BCUT2D eigenvalue weighted by atomic mass is 10.2. The molecule has 3 N–H and O–H groups in total. The van der Waals surface area contributed by atoms with Crippen LogP contribution in [0.3, 0.4) is 0 Å². The average Bonchev–Trinajstić information content (AvgIpc) is 2.80. The molecular weight excluding hydrogens is 267 g/mol. The number of carboxylic acid groups (broad SMARTS) is 1.